The predicted molar refractivity (Wildman–Crippen MR) is 137 cm³/mol. The summed E-state index contributed by atoms with van der Waals surface area (Å²) in [6, 6.07) is 15.2. The highest BCUT2D eigenvalue weighted by Gasteiger charge is 2.23. The summed E-state index contributed by atoms with van der Waals surface area (Å²) in [5.41, 5.74) is 4.37. The van der Waals surface area contributed by atoms with Gasteiger partial charge in [0.2, 0.25) is 0 Å². The van der Waals surface area contributed by atoms with Crippen molar-refractivity contribution in [3.05, 3.63) is 77.6 Å². The van der Waals surface area contributed by atoms with Gasteiger partial charge in [-0.2, -0.15) is 0 Å². The molecular formula is C28H30N4O3. The standard InChI is InChI=1S/C28H30N4O3/c1-35-28(34)20-7-8-22-24(18-31-26(22)17-20)19-10-15-32(16-11-19)14-4-12-30-27(33)23-9-13-29-25-6-3-2-5-21(23)25/h2-3,5-9,13,17-19,31H,4,10-12,14-16H2,1H3,(H,30,33). The quantitative estimate of drug-likeness (QED) is 0.307. The van der Waals surface area contributed by atoms with Crippen LogP contribution in [0.4, 0.5) is 0 Å². The molecule has 5 rings (SSSR count). The molecule has 2 aromatic carbocycles. The third-order valence-corrected chi connectivity index (χ3v) is 6.99. The number of aromatic nitrogens is 2. The normalized spacial score (nSPS) is 14.9. The minimum atomic E-state index is -0.318. The van der Waals surface area contributed by atoms with E-state index in [0.29, 0.717) is 23.6 Å². The number of piperidine rings is 1. The zero-order chi connectivity index (χ0) is 24.2. The van der Waals surface area contributed by atoms with Crippen LogP contribution in [-0.4, -0.2) is 60.0 Å². The number of rotatable bonds is 7. The Kier molecular flexibility index (Phi) is 6.77. The van der Waals surface area contributed by atoms with Gasteiger partial charge in [0, 0.05) is 35.2 Å². The molecule has 1 aliphatic heterocycles. The number of hydrogen-bond acceptors (Lipinski definition) is 5. The molecule has 1 amide bonds. The number of hydrogen-bond donors (Lipinski definition) is 2. The molecule has 35 heavy (non-hydrogen) atoms. The maximum absolute atomic E-state index is 12.7. The number of nitrogens with one attached hydrogen (secondary N) is 2. The van der Waals surface area contributed by atoms with Gasteiger partial charge in [0.25, 0.3) is 5.91 Å². The van der Waals surface area contributed by atoms with Crippen molar-refractivity contribution in [2.24, 2.45) is 0 Å². The van der Waals surface area contributed by atoms with Crippen LogP contribution in [0.1, 0.15) is 51.5 Å². The molecule has 180 valence electrons. The minimum absolute atomic E-state index is 0.0444. The number of carbonyl (C=O) groups is 2. The number of fused-ring (bicyclic) bond motifs is 2. The van der Waals surface area contributed by atoms with Crippen molar-refractivity contribution in [3.8, 4) is 0 Å². The van der Waals surface area contributed by atoms with Gasteiger partial charge in [-0.05, 0) is 74.6 Å². The molecule has 0 unspecified atom stereocenters. The molecule has 1 fully saturated rings. The van der Waals surface area contributed by atoms with Crippen LogP contribution in [0.25, 0.3) is 21.8 Å². The Morgan fingerprint density at radius 3 is 2.77 bits per heavy atom. The van der Waals surface area contributed by atoms with Crippen LogP contribution < -0.4 is 5.32 Å². The lowest BCUT2D eigenvalue weighted by Crippen LogP contribution is -2.35. The lowest BCUT2D eigenvalue weighted by Gasteiger charge is -2.32. The fourth-order valence-electron chi connectivity index (χ4n) is 5.09. The molecule has 0 radical (unpaired) electrons. The summed E-state index contributed by atoms with van der Waals surface area (Å²) in [6.07, 6.45) is 6.89. The van der Waals surface area contributed by atoms with Gasteiger partial charge in [0.1, 0.15) is 0 Å². The van der Waals surface area contributed by atoms with E-state index in [-0.39, 0.29) is 11.9 Å². The van der Waals surface area contributed by atoms with E-state index in [1.807, 2.05) is 42.5 Å². The van der Waals surface area contributed by atoms with Crippen molar-refractivity contribution in [1.82, 2.24) is 20.2 Å². The van der Waals surface area contributed by atoms with Gasteiger partial charge < -0.3 is 19.9 Å². The Hall–Kier alpha value is -3.71. The zero-order valence-electron chi connectivity index (χ0n) is 19.9. The first-order valence-electron chi connectivity index (χ1n) is 12.2. The average Bonchev–Trinajstić information content (AvgIpc) is 3.34. The van der Waals surface area contributed by atoms with Crippen LogP contribution in [0.2, 0.25) is 0 Å². The monoisotopic (exact) mass is 470 g/mol. The number of benzene rings is 2. The topological polar surface area (TPSA) is 87.3 Å². The fourth-order valence-corrected chi connectivity index (χ4v) is 5.09. The Balaban J connectivity index is 1.10. The molecule has 0 atom stereocenters. The summed E-state index contributed by atoms with van der Waals surface area (Å²) in [4.78, 5) is 34.6. The number of methoxy groups -OCH3 is 1. The molecule has 0 aliphatic carbocycles. The second-order valence-corrected chi connectivity index (χ2v) is 9.10. The summed E-state index contributed by atoms with van der Waals surface area (Å²) >= 11 is 0. The van der Waals surface area contributed by atoms with Crippen LogP contribution in [0, 0.1) is 0 Å². The highest BCUT2D eigenvalue weighted by atomic mass is 16.5. The molecule has 3 heterocycles. The average molecular weight is 471 g/mol. The highest BCUT2D eigenvalue weighted by Crippen LogP contribution is 2.33. The van der Waals surface area contributed by atoms with E-state index in [0.717, 1.165) is 55.3 Å². The molecule has 7 heteroatoms. The lowest BCUT2D eigenvalue weighted by atomic mass is 9.89. The van der Waals surface area contributed by atoms with E-state index >= 15 is 0 Å². The Bertz CT molecular complexity index is 1350. The molecule has 2 aromatic heterocycles. The number of amides is 1. The number of nitrogens with zero attached hydrogens (tertiary/aromatic N) is 2. The van der Waals surface area contributed by atoms with Crippen LogP contribution in [0.5, 0.6) is 0 Å². The molecule has 7 nitrogen and oxygen atoms in total. The van der Waals surface area contributed by atoms with Crippen molar-refractivity contribution in [1.29, 1.82) is 0 Å². The predicted octanol–water partition coefficient (Wildman–Crippen LogP) is 4.50. The number of esters is 1. The fraction of sp³-hybridized carbons (Fsp3) is 0.321. The van der Waals surface area contributed by atoms with E-state index in [2.05, 4.69) is 26.4 Å². The largest absolute Gasteiger partial charge is 0.465 e. The number of ether oxygens (including phenoxy) is 1. The number of H-pyrrole nitrogens is 1. The Morgan fingerprint density at radius 1 is 1.11 bits per heavy atom. The number of para-hydroxylation sites is 1. The Morgan fingerprint density at radius 2 is 1.94 bits per heavy atom. The van der Waals surface area contributed by atoms with Gasteiger partial charge in [-0.15, -0.1) is 0 Å². The van der Waals surface area contributed by atoms with Crippen LogP contribution in [0.15, 0.2) is 60.9 Å². The summed E-state index contributed by atoms with van der Waals surface area (Å²) < 4.78 is 4.83. The van der Waals surface area contributed by atoms with Gasteiger partial charge >= 0.3 is 5.97 Å². The number of likely N-dealkylation sites (tertiary alicyclic amines) is 1. The van der Waals surface area contributed by atoms with Crippen LogP contribution >= 0.6 is 0 Å². The van der Waals surface area contributed by atoms with E-state index in [1.165, 1.54) is 18.1 Å². The highest BCUT2D eigenvalue weighted by molar-refractivity contribution is 6.05. The maximum Gasteiger partial charge on any atom is 0.337 e. The third-order valence-electron chi connectivity index (χ3n) is 6.99. The minimum Gasteiger partial charge on any atom is -0.465 e. The first-order valence-corrected chi connectivity index (χ1v) is 12.2. The summed E-state index contributed by atoms with van der Waals surface area (Å²) in [5, 5.41) is 5.13. The third kappa shape index (κ3) is 4.91. The first kappa shape index (κ1) is 23.1. The van der Waals surface area contributed by atoms with Crippen LogP contribution in [0.3, 0.4) is 0 Å². The van der Waals surface area contributed by atoms with E-state index in [9.17, 15) is 9.59 Å². The van der Waals surface area contributed by atoms with Crippen molar-refractivity contribution in [2.45, 2.75) is 25.2 Å². The Labute approximate surface area is 204 Å². The lowest BCUT2D eigenvalue weighted by molar-refractivity contribution is 0.0600. The molecule has 0 spiro atoms. The van der Waals surface area contributed by atoms with Crippen molar-refractivity contribution in [3.63, 3.8) is 0 Å². The molecule has 0 saturated carbocycles. The van der Waals surface area contributed by atoms with Gasteiger partial charge in [-0.3, -0.25) is 9.78 Å². The van der Waals surface area contributed by atoms with Crippen molar-refractivity contribution in [2.75, 3.05) is 33.3 Å². The molecule has 4 aromatic rings. The van der Waals surface area contributed by atoms with E-state index in [4.69, 9.17) is 4.74 Å². The second-order valence-electron chi connectivity index (χ2n) is 9.10. The zero-order valence-corrected chi connectivity index (χ0v) is 19.9. The molecular weight excluding hydrogens is 440 g/mol. The van der Waals surface area contributed by atoms with Gasteiger partial charge in [-0.1, -0.05) is 24.3 Å². The van der Waals surface area contributed by atoms with Gasteiger partial charge in [0.05, 0.1) is 23.8 Å². The number of pyridine rings is 1. The maximum atomic E-state index is 12.7. The number of aromatic amines is 1. The van der Waals surface area contributed by atoms with Crippen molar-refractivity contribution >= 4 is 33.7 Å². The summed E-state index contributed by atoms with van der Waals surface area (Å²) in [7, 11) is 1.40. The SMILES string of the molecule is COC(=O)c1ccc2c(C3CCN(CCCNC(=O)c4ccnc5ccccc45)CC3)c[nH]c2c1. The second kappa shape index (κ2) is 10.3. The van der Waals surface area contributed by atoms with E-state index < -0.39 is 0 Å². The smallest absolute Gasteiger partial charge is 0.337 e. The molecule has 1 saturated heterocycles. The van der Waals surface area contributed by atoms with Crippen LogP contribution in [-0.2, 0) is 4.74 Å². The first-order chi connectivity index (χ1) is 17.1. The molecule has 2 N–H and O–H groups in total. The summed E-state index contributed by atoms with van der Waals surface area (Å²) in [6.45, 7) is 3.71. The van der Waals surface area contributed by atoms with E-state index in [1.54, 1.807) is 12.3 Å². The number of carbonyl (C=O) groups excluding carboxylic acids is 2. The van der Waals surface area contributed by atoms with Gasteiger partial charge in [0.15, 0.2) is 0 Å². The summed E-state index contributed by atoms with van der Waals surface area (Å²) in [5.74, 6) is 0.141. The van der Waals surface area contributed by atoms with Crippen molar-refractivity contribution < 1.29 is 14.3 Å². The molecule has 0 bridgehead atoms. The molecule has 1 aliphatic rings. The van der Waals surface area contributed by atoms with Gasteiger partial charge in [-0.25, -0.2) is 4.79 Å².